The van der Waals surface area contributed by atoms with Crippen molar-refractivity contribution < 1.29 is 28.8 Å². The maximum absolute atomic E-state index is 13.1. The molecule has 2 unspecified atom stereocenters. The van der Waals surface area contributed by atoms with Crippen LogP contribution >= 0.6 is 0 Å². The normalized spacial score (nSPS) is 34.0. The van der Waals surface area contributed by atoms with E-state index >= 15 is 0 Å². The van der Waals surface area contributed by atoms with E-state index in [-0.39, 0.29) is 29.8 Å². The Hall–Kier alpha value is -1.31. The van der Waals surface area contributed by atoms with Crippen LogP contribution in [0.15, 0.2) is 12.3 Å². The third kappa shape index (κ3) is 5.20. The fourth-order valence-electron chi connectivity index (χ4n) is 5.44. The van der Waals surface area contributed by atoms with Gasteiger partial charge in [0.05, 0.1) is 30.4 Å². The summed E-state index contributed by atoms with van der Waals surface area (Å²) in [5.41, 5.74) is -1.81. The molecule has 7 nitrogen and oxygen atoms in total. The minimum Gasteiger partial charge on any atom is -0.495 e. The van der Waals surface area contributed by atoms with E-state index in [1.807, 2.05) is 19.9 Å². The summed E-state index contributed by atoms with van der Waals surface area (Å²) in [6.45, 7) is 13.1. The van der Waals surface area contributed by atoms with Crippen molar-refractivity contribution in [2.45, 2.75) is 102 Å². The highest BCUT2D eigenvalue weighted by molar-refractivity contribution is 5.69. The van der Waals surface area contributed by atoms with Crippen LogP contribution in [0.2, 0.25) is 0 Å². The molecule has 31 heavy (non-hydrogen) atoms. The maximum atomic E-state index is 13.1. The Balaban J connectivity index is 1.76. The van der Waals surface area contributed by atoms with Crippen LogP contribution in [0.3, 0.4) is 0 Å². The minimum absolute atomic E-state index is 0.0861. The van der Waals surface area contributed by atoms with Gasteiger partial charge in [-0.05, 0) is 65.4 Å². The molecule has 1 aliphatic carbocycles. The van der Waals surface area contributed by atoms with Crippen molar-refractivity contribution in [1.29, 1.82) is 0 Å². The number of hydrogen-bond acceptors (Lipinski definition) is 6. The molecular formula is C24H41NO6. The van der Waals surface area contributed by atoms with Crippen molar-refractivity contribution in [2.24, 2.45) is 11.8 Å². The number of likely N-dealkylation sites (tertiary alicyclic amines) is 1. The molecule has 178 valence electrons. The summed E-state index contributed by atoms with van der Waals surface area (Å²) < 4.78 is 24.1. The van der Waals surface area contributed by atoms with Gasteiger partial charge in [0, 0.05) is 13.7 Å². The van der Waals surface area contributed by atoms with E-state index in [9.17, 15) is 9.90 Å². The number of methoxy groups -OCH3 is 1. The molecule has 2 heterocycles. The van der Waals surface area contributed by atoms with Crippen molar-refractivity contribution in [3.63, 3.8) is 0 Å². The molecular weight excluding hydrogens is 398 g/mol. The van der Waals surface area contributed by atoms with Gasteiger partial charge in [0.1, 0.15) is 23.4 Å². The summed E-state index contributed by atoms with van der Waals surface area (Å²) in [7, 11) is 1.66. The quantitative estimate of drug-likeness (QED) is 0.479. The second-order valence-electron chi connectivity index (χ2n) is 10.8. The van der Waals surface area contributed by atoms with Crippen LogP contribution < -0.4 is 0 Å². The van der Waals surface area contributed by atoms with Gasteiger partial charge in [0.2, 0.25) is 0 Å². The first-order valence-electron chi connectivity index (χ1n) is 11.6. The highest BCUT2D eigenvalue weighted by atomic mass is 16.6. The summed E-state index contributed by atoms with van der Waals surface area (Å²) in [6.07, 6.45) is 5.80. The first kappa shape index (κ1) is 24.3. The van der Waals surface area contributed by atoms with Gasteiger partial charge in [0.25, 0.3) is 0 Å². The third-order valence-corrected chi connectivity index (χ3v) is 7.04. The molecule has 2 saturated heterocycles. The largest absolute Gasteiger partial charge is 0.495 e. The second-order valence-corrected chi connectivity index (χ2v) is 10.8. The molecule has 0 aromatic heterocycles. The molecule has 1 amide bonds. The molecule has 7 heteroatoms. The third-order valence-electron chi connectivity index (χ3n) is 7.04. The second kappa shape index (κ2) is 8.91. The summed E-state index contributed by atoms with van der Waals surface area (Å²) in [5, 5.41) is 10.5. The molecule has 0 bridgehead atoms. The number of amides is 1. The Morgan fingerprint density at radius 2 is 1.94 bits per heavy atom. The molecule has 3 rings (SSSR count). The van der Waals surface area contributed by atoms with Gasteiger partial charge in [-0.2, -0.15) is 0 Å². The lowest BCUT2D eigenvalue weighted by Crippen LogP contribution is -2.59. The fraction of sp³-hybridized carbons (Fsp3) is 0.875. The minimum atomic E-state index is -0.963. The van der Waals surface area contributed by atoms with Gasteiger partial charge in [-0.25, -0.2) is 4.79 Å². The van der Waals surface area contributed by atoms with Crippen molar-refractivity contribution in [3.05, 3.63) is 12.3 Å². The van der Waals surface area contributed by atoms with Gasteiger partial charge in [0.15, 0.2) is 0 Å². The fourth-order valence-corrected chi connectivity index (χ4v) is 5.44. The van der Waals surface area contributed by atoms with Crippen molar-refractivity contribution in [1.82, 2.24) is 4.90 Å². The first-order chi connectivity index (χ1) is 14.4. The standard InChI is InChI=1S/C24H41NO6/c1-16(2)11-14-29-23(5,6)20-19(28-7)17(10-12-24(20)15-30-24)31-21(26)25-13-8-9-18(25)22(3,4)27/h11,14,16-20,27H,8-10,12-13,15H2,1-7H3/b14-11+/t17-,18?,19-,20?,24+/m1/s1. The van der Waals surface area contributed by atoms with Crippen LogP contribution in [0.5, 0.6) is 0 Å². The molecule has 0 aromatic carbocycles. The highest BCUT2D eigenvalue weighted by Crippen LogP contribution is 2.53. The molecule has 1 spiro atoms. The van der Waals surface area contributed by atoms with Gasteiger partial charge in [-0.15, -0.1) is 0 Å². The van der Waals surface area contributed by atoms with E-state index in [2.05, 4.69) is 13.8 Å². The molecule has 0 radical (unpaired) electrons. The summed E-state index contributed by atoms with van der Waals surface area (Å²) in [5.74, 6) is 0.307. The monoisotopic (exact) mass is 439 g/mol. The molecule has 2 aliphatic heterocycles. The number of ether oxygens (including phenoxy) is 4. The summed E-state index contributed by atoms with van der Waals surface area (Å²) in [4.78, 5) is 14.7. The molecule has 3 aliphatic rings. The number of carbonyl (C=O) groups is 1. The number of rotatable bonds is 7. The lowest BCUT2D eigenvalue weighted by atomic mass is 9.68. The Morgan fingerprint density at radius 1 is 1.26 bits per heavy atom. The summed E-state index contributed by atoms with van der Waals surface area (Å²) >= 11 is 0. The van der Waals surface area contributed by atoms with Crippen LogP contribution in [-0.4, -0.2) is 71.4 Å². The molecule has 5 atom stereocenters. The number of aliphatic hydroxyl groups is 1. The number of nitrogens with zero attached hydrogens (tertiary/aromatic N) is 1. The van der Waals surface area contributed by atoms with Crippen LogP contribution in [0.1, 0.15) is 67.2 Å². The predicted octanol–water partition coefficient (Wildman–Crippen LogP) is 3.89. The molecule has 3 fully saturated rings. The van der Waals surface area contributed by atoms with Crippen molar-refractivity contribution in [3.8, 4) is 0 Å². The number of epoxide rings is 1. The van der Waals surface area contributed by atoms with Crippen LogP contribution in [0.4, 0.5) is 4.79 Å². The number of carbonyl (C=O) groups excluding carboxylic acids is 1. The molecule has 1 N–H and O–H groups in total. The lowest BCUT2D eigenvalue weighted by Gasteiger charge is -2.47. The average Bonchev–Trinajstić information content (AvgIpc) is 3.22. The SMILES string of the molecule is CO[C@H]1C(C(C)(C)O/C=C/C(C)C)[C@]2(CC[C@H]1OC(=O)N1CCCC1C(C)(C)O)CO2. The lowest BCUT2D eigenvalue weighted by molar-refractivity contribution is -0.162. The Morgan fingerprint density at radius 3 is 2.48 bits per heavy atom. The topological polar surface area (TPSA) is 80.8 Å². The Labute approximate surface area is 187 Å². The Kier molecular flexibility index (Phi) is 6.99. The van der Waals surface area contributed by atoms with Crippen molar-refractivity contribution >= 4 is 6.09 Å². The van der Waals surface area contributed by atoms with E-state index in [0.717, 1.165) is 19.3 Å². The first-order valence-corrected chi connectivity index (χ1v) is 11.6. The van der Waals surface area contributed by atoms with E-state index in [0.29, 0.717) is 25.5 Å². The highest BCUT2D eigenvalue weighted by Gasteiger charge is 2.64. The van der Waals surface area contributed by atoms with Crippen LogP contribution in [0.25, 0.3) is 0 Å². The average molecular weight is 440 g/mol. The Bertz CT molecular complexity index is 663. The van der Waals surface area contributed by atoms with Gasteiger partial charge in [-0.1, -0.05) is 13.8 Å². The molecule has 0 aromatic rings. The predicted molar refractivity (Wildman–Crippen MR) is 118 cm³/mol. The van der Waals surface area contributed by atoms with Crippen LogP contribution in [-0.2, 0) is 18.9 Å². The summed E-state index contributed by atoms with van der Waals surface area (Å²) in [6, 6.07) is -0.237. The maximum Gasteiger partial charge on any atom is 0.410 e. The van der Waals surface area contributed by atoms with Gasteiger partial charge in [-0.3, -0.25) is 0 Å². The van der Waals surface area contributed by atoms with Crippen LogP contribution in [0, 0.1) is 11.8 Å². The zero-order chi connectivity index (χ0) is 23.0. The number of allylic oxidation sites excluding steroid dienone is 1. The zero-order valence-corrected chi connectivity index (χ0v) is 20.2. The molecule has 1 saturated carbocycles. The van der Waals surface area contributed by atoms with E-state index in [1.54, 1.807) is 32.1 Å². The van der Waals surface area contributed by atoms with Gasteiger partial charge >= 0.3 is 6.09 Å². The van der Waals surface area contributed by atoms with E-state index in [1.165, 1.54) is 0 Å². The smallest absolute Gasteiger partial charge is 0.410 e. The van der Waals surface area contributed by atoms with Crippen molar-refractivity contribution in [2.75, 3.05) is 20.3 Å². The number of hydrogen-bond donors (Lipinski definition) is 1. The zero-order valence-electron chi connectivity index (χ0n) is 20.2. The van der Waals surface area contributed by atoms with E-state index in [4.69, 9.17) is 18.9 Å². The van der Waals surface area contributed by atoms with Gasteiger partial charge < -0.3 is 29.0 Å². The van der Waals surface area contributed by atoms with E-state index < -0.39 is 17.3 Å².